The number of methoxy groups -OCH3 is 1. The van der Waals surface area contributed by atoms with E-state index >= 15 is 0 Å². The Kier molecular flexibility index (Phi) is 4.81. The summed E-state index contributed by atoms with van der Waals surface area (Å²) in [5.74, 6) is 1.57. The zero-order valence-electron chi connectivity index (χ0n) is 11.7. The molecule has 0 saturated heterocycles. The molecule has 0 aliphatic heterocycles. The van der Waals surface area contributed by atoms with Crippen molar-refractivity contribution >= 4 is 0 Å². The Labute approximate surface area is 115 Å². The fourth-order valence-electron chi connectivity index (χ4n) is 2.69. The maximum atomic E-state index is 8.76. The second-order valence-electron chi connectivity index (χ2n) is 5.28. The van der Waals surface area contributed by atoms with Crippen molar-refractivity contribution in [2.45, 2.75) is 50.6 Å². The number of nitriles is 1. The fourth-order valence-corrected chi connectivity index (χ4v) is 2.69. The summed E-state index contributed by atoms with van der Waals surface area (Å²) in [6.45, 7) is 2.13. The first-order chi connectivity index (χ1) is 9.26. The molecule has 1 aromatic carbocycles. The summed E-state index contributed by atoms with van der Waals surface area (Å²) in [7, 11) is 1.71. The van der Waals surface area contributed by atoms with Crippen LogP contribution in [0.1, 0.15) is 44.1 Å². The molecule has 2 rings (SSSR count). The lowest BCUT2D eigenvalue weighted by Gasteiger charge is -2.38. The standard InChI is InChI=1S/C16H22N2O/c1-3-14(7-8-17)18-15-9-13(10-15)12-5-4-6-16(11-12)19-2/h4-6,11,13-15,18H,3,7,9-10H2,1-2H3. The summed E-state index contributed by atoms with van der Waals surface area (Å²) in [6.07, 6.45) is 3.95. The van der Waals surface area contributed by atoms with Crippen molar-refractivity contribution in [3.8, 4) is 11.8 Å². The lowest BCUT2D eigenvalue weighted by Crippen LogP contribution is -2.45. The van der Waals surface area contributed by atoms with E-state index < -0.39 is 0 Å². The van der Waals surface area contributed by atoms with Crippen molar-refractivity contribution in [1.82, 2.24) is 5.32 Å². The number of hydrogen-bond donors (Lipinski definition) is 1. The number of nitrogens with one attached hydrogen (secondary N) is 1. The van der Waals surface area contributed by atoms with Crippen LogP contribution in [0.5, 0.6) is 5.75 Å². The molecule has 102 valence electrons. The average molecular weight is 258 g/mol. The van der Waals surface area contributed by atoms with E-state index in [1.807, 2.05) is 6.07 Å². The molecule has 1 N–H and O–H groups in total. The Bertz CT molecular complexity index is 446. The zero-order valence-corrected chi connectivity index (χ0v) is 11.7. The number of hydrogen-bond acceptors (Lipinski definition) is 3. The molecule has 1 aromatic rings. The predicted molar refractivity (Wildman–Crippen MR) is 76.2 cm³/mol. The second-order valence-corrected chi connectivity index (χ2v) is 5.28. The average Bonchev–Trinajstić information content (AvgIpc) is 2.41. The minimum Gasteiger partial charge on any atom is -0.497 e. The van der Waals surface area contributed by atoms with Crippen LogP contribution < -0.4 is 10.1 Å². The number of benzene rings is 1. The summed E-state index contributed by atoms with van der Waals surface area (Å²) in [5, 5.41) is 12.3. The largest absolute Gasteiger partial charge is 0.497 e. The maximum absolute atomic E-state index is 8.76. The first-order valence-electron chi connectivity index (χ1n) is 7.03. The van der Waals surface area contributed by atoms with Gasteiger partial charge in [0.2, 0.25) is 0 Å². The predicted octanol–water partition coefficient (Wildman–Crippen LogP) is 3.22. The van der Waals surface area contributed by atoms with Crippen molar-refractivity contribution in [2.75, 3.05) is 7.11 Å². The minimum absolute atomic E-state index is 0.348. The van der Waals surface area contributed by atoms with Crippen LogP contribution in [0.3, 0.4) is 0 Å². The topological polar surface area (TPSA) is 45.0 Å². The first kappa shape index (κ1) is 13.9. The van der Waals surface area contributed by atoms with Crippen LogP contribution in [0.15, 0.2) is 24.3 Å². The highest BCUT2D eigenvalue weighted by molar-refractivity contribution is 5.32. The monoisotopic (exact) mass is 258 g/mol. The van der Waals surface area contributed by atoms with Crippen LogP contribution >= 0.6 is 0 Å². The smallest absolute Gasteiger partial charge is 0.119 e. The normalized spacial score (nSPS) is 23.2. The SMILES string of the molecule is CCC(CC#N)NC1CC(c2cccc(OC)c2)C1. The maximum Gasteiger partial charge on any atom is 0.119 e. The van der Waals surface area contributed by atoms with E-state index in [9.17, 15) is 0 Å². The van der Waals surface area contributed by atoms with E-state index in [2.05, 4.69) is 36.5 Å². The molecule has 0 heterocycles. The van der Waals surface area contributed by atoms with Gasteiger partial charge in [0.1, 0.15) is 5.75 Å². The lowest BCUT2D eigenvalue weighted by molar-refractivity contribution is 0.262. The van der Waals surface area contributed by atoms with Crippen molar-refractivity contribution in [3.63, 3.8) is 0 Å². The van der Waals surface area contributed by atoms with Gasteiger partial charge < -0.3 is 10.1 Å². The first-order valence-corrected chi connectivity index (χ1v) is 7.03. The highest BCUT2D eigenvalue weighted by atomic mass is 16.5. The van der Waals surface area contributed by atoms with Crippen LogP contribution in [0, 0.1) is 11.3 Å². The Balaban J connectivity index is 1.84. The van der Waals surface area contributed by atoms with Crippen LogP contribution in [-0.4, -0.2) is 19.2 Å². The molecule has 0 amide bonds. The van der Waals surface area contributed by atoms with Gasteiger partial charge in [-0.1, -0.05) is 19.1 Å². The minimum atomic E-state index is 0.348. The van der Waals surface area contributed by atoms with Gasteiger partial charge in [0, 0.05) is 12.1 Å². The van der Waals surface area contributed by atoms with Crippen molar-refractivity contribution in [2.24, 2.45) is 0 Å². The second kappa shape index (κ2) is 6.58. The van der Waals surface area contributed by atoms with Gasteiger partial charge in [-0.3, -0.25) is 0 Å². The number of rotatable bonds is 6. The summed E-state index contributed by atoms with van der Waals surface area (Å²) < 4.78 is 5.26. The number of nitrogens with zero attached hydrogens (tertiary/aromatic N) is 1. The molecule has 1 atom stereocenters. The fraction of sp³-hybridized carbons (Fsp3) is 0.562. The highest BCUT2D eigenvalue weighted by Crippen LogP contribution is 2.38. The third kappa shape index (κ3) is 3.48. The van der Waals surface area contributed by atoms with Crippen molar-refractivity contribution < 1.29 is 4.74 Å². The van der Waals surface area contributed by atoms with Crippen LogP contribution in [0.2, 0.25) is 0 Å². The van der Waals surface area contributed by atoms with E-state index in [4.69, 9.17) is 10.00 Å². The van der Waals surface area contributed by atoms with E-state index in [0.29, 0.717) is 24.4 Å². The van der Waals surface area contributed by atoms with Gasteiger partial charge in [0.15, 0.2) is 0 Å². The van der Waals surface area contributed by atoms with E-state index in [-0.39, 0.29) is 0 Å². The van der Waals surface area contributed by atoms with E-state index in [1.54, 1.807) is 7.11 Å². The molecule has 1 unspecified atom stereocenters. The van der Waals surface area contributed by atoms with Crippen LogP contribution in [-0.2, 0) is 0 Å². The zero-order chi connectivity index (χ0) is 13.7. The molecule has 1 aliphatic carbocycles. The van der Waals surface area contributed by atoms with Gasteiger partial charge in [-0.25, -0.2) is 0 Å². The Morgan fingerprint density at radius 2 is 2.26 bits per heavy atom. The number of ether oxygens (including phenoxy) is 1. The quantitative estimate of drug-likeness (QED) is 0.852. The van der Waals surface area contributed by atoms with Gasteiger partial charge in [-0.15, -0.1) is 0 Å². The Morgan fingerprint density at radius 1 is 1.47 bits per heavy atom. The van der Waals surface area contributed by atoms with Gasteiger partial charge in [0.05, 0.1) is 19.6 Å². The third-order valence-electron chi connectivity index (χ3n) is 4.01. The van der Waals surface area contributed by atoms with Gasteiger partial charge >= 0.3 is 0 Å². The summed E-state index contributed by atoms with van der Waals surface area (Å²) >= 11 is 0. The Morgan fingerprint density at radius 3 is 2.89 bits per heavy atom. The molecule has 0 spiro atoms. The summed E-state index contributed by atoms with van der Waals surface area (Å²) in [6, 6.07) is 11.5. The molecule has 19 heavy (non-hydrogen) atoms. The van der Waals surface area contributed by atoms with Gasteiger partial charge in [-0.2, -0.15) is 5.26 Å². The van der Waals surface area contributed by atoms with Crippen LogP contribution in [0.25, 0.3) is 0 Å². The lowest BCUT2D eigenvalue weighted by atomic mass is 9.75. The van der Waals surface area contributed by atoms with E-state index in [1.165, 1.54) is 5.56 Å². The summed E-state index contributed by atoms with van der Waals surface area (Å²) in [5.41, 5.74) is 1.37. The van der Waals surface area contributed by atoms with Gasteiger partial charge in [-0.05, 0) is 42.9 Å². The molecule has 1 saturated carbocycles. The van der Waals surface area contributed by atoms with E-state index in [0.717, 1.165) is 25.0 Å². The molecular formula is C16H22N2O. The molecule has 3 nitrogen and oxygen atoms in total. The Hall–Kier alpha value is -1.53. The van der Waals surface area contributed by atoms with Crippen LogP contribution in [0.4, 0.5) is 0 Å². The molecule has 1 fully saturated rings. The molecular weight excluding hydrogens is 236 g/mol. The molecule has 0 radical (unpaired) electrons. The van der Waals surface area contributed by atoms with Crippen molar-refractivity contribution in [1.29, 1.82) is 5.26 Å². The molecule has 0 aromatic heterocycles. The molecule has 3 heteroatoms. The van der Waals surface area contributed by atoms with Crippen molar-refractivity contribution in [3.05, 3.63) is 29.8 Å². The van der Waals surface area contributed by atoms with Gasteiger partial charge in [0.25, 0.3) is 0 Å². The summed E-state index contributed by atoms with van der Waals surface area (Å²) in [4.78, 5) is 0. The molecule has 1 aliphatic rings. The molecule has 0 bridgehead atoms. The highest BCUT2D eigenvalue weighted by Gasteiger charge is 2.31. The third-order valence-corrected chi connectivity index (χ3v) is 4.01.